The predicted molar refractivity (Wildman–Crippen MR) is 83.0 cm³/mol. The molecule has 1 atom stereocenters. The normalized spacial score (nSPS) is 16.9. The van der Waals surface area contributed by atoms with Crippen molar-refractivity contribution in [1.29, 1.82) is 0 Å². The molecule has 1 heterocycles. The SMILES string of the molecule is NNC(CC1=CCCCC1)c1cnc2ccccc2c1. The van der Waals surface area contributed by atoms with Gasteiger partial charge in [-0.25, -0.2) is 0 Å². The molecule has 20 heavy (non-hydrogen) atoms. The molecule has 0 fully saturated rings. The van der Waals surface area contributed by atoms with E-state index in [2.05, 4.69) is 28.6 Å². The monoisotopic (exact) mass is 267 g/mol. The summed E-state index contributed by atoms with van der Waals surface area (Å²) < 4.78 is 0. The van der Waals surface area contributed by atoms with Gasteiger partial charge in [-0.3, -0.25) is 16.3 Å². The maximum Gasteiger partial charge on any atom is 0.0702 e. The maximum absolute atomic E-state index is 5.76. The minimum atomic E-state index is 0.149. The first-order valence-electron chi connectivity index (χ1n) is 7.35. The molecule has 0 spiro atoms. The number of rotatable bonds is 4. The highest BCUT2D eigenvalue weighted by Gasteiger charge is 2.14. The zero-order valence-electron chi connectivity index (χ0n) is 11.7. The fourth-order valence-electron chi connectivity index (χ4n) is 2.90. The second-order valence-electron chi connectivity index (χ2n) is 5.49. The Balaban J connectivity index is 1.84. The predicted octanol–water partition coefficient (Wildman–Crippen LogP) is 3.63. The standard InChI is InChI=1S/C17H21N3/c18-20-17(10-13-6-2-1-3-7-13)15-11-14-8-4-5-9-16(14)19-12-15/h4-6,8-9,11-12,17,20H,1-3,7,10,18H2. The highest BCUT2D eigenvalue weighted by atomic mass is 15.2. The molecule has 3 nitrogen and oxygen atoms in total. The van der Waals surface area contributed by atoms with Gasteiger partial charge in [0.2, 0.25) is 0 Å². The number of para-hydroxylation sites is 1. The van der Waals surface area contributed by atoms with E-state index in [0.717, 1.165) is 17.5 Å². The second kappa shape index (κ2) is 6.16. The Morgan fingerprint density at radius 2 is 2.15 bits per heavy atom. The summed E-state index contributed by atoms with van der Waals surface area (Å²) >= 11 is 0. The van der Waals surface area contributed by atoms with Gasteiger partial charge in [0.1, 0.15) is 0 Å². The maximum atomic E-state index is 5.76. The lowest BCUT2D eigenvalue weighted by Gasteiger charge is -2.20. The Bertz CT molecular complexity index is 618. The van der Waals surface area contributed by atoms with Crippen LogP contribution in [0.5, 0.6) is 0 Å². The first-order chi connectivity index (χ1) is 9.86. The van der Waals surface area contributed by atoms with Crippen LogP contribution in [-0.4, -0.2) is 4.98 Å². The average molecular weight is 267 g/mol. The Hall–Kier alpha value is -1.71. The van der Waals surface area contributed by atoms with E-state index in [1.165, 1.54) is 36.6 Å². The number of hydrogen-bond acceptors (Lipinski definition) is 3. The molecular formula is C17H21N3. The molecular weight excluding hydrogens is 246 g/mol. The fraction of sp³-hybridized carbons (Fsp3) is 0.353. The van der Waals surface area contributed by atoms with Gasteiger partial charge in [-0.05, 0) is 49.8 Å². The summed E-state index contributed by atoms with van der Waals surface area (Å²) in [4.78, 5) is 4.53. The fourth-order valence-corrected chi connectivity index (χ4v) is 2.90. The summed E-state index contributed by atoms with van der Waals surface area (Å²) in [5.74, 6) is 5.76. The number of nitrogens with two attached hydrogens (primary N) is 1. The van der Waals surface area contributed by atoms with E-state index in [0.29, 0.717) is 0 Å². The molecule has 3 heteroatoms. The van der Waals surface area contributed by atoms with E-state index in [-0.39, 0.29) is 6.04 Å². The third-order valence-corrected chi connectivity index (χ3v) is 4.07. The lowest BCUT2D eigenvalue weighted by atomic mass is 9.92. The molecule has 0 radical (unpaired) electrons. The molecule has 1 aliphatic rings. The Kier molecular flexibility index (Phi) is 4.09. The van der Waals surface area contributed by atoms with Crippen LogP contribution in [0.4, 0.5) is 0 Å². The molecule has 104 valence electrons. The van der Waals surface area contributed by atoms with Gasteiger partial charge in [0, 0.05) is 11.6 Å². The van der Waals surface area contributed by atoms with E-state index in [1.54, 1.807) is 0 Å². The van der Waals surface area contributed by atoms with Crippen molar-refractivity contribution < 1.29 is 0 Å². The topological polar surface area (TPSA) is 50.9 Å². The minimum absolute atomic E-state index is 0.149. The third kappa shape index (κ3) is 2.89. The highest BCUT2D eigenvalue weighted by Crippen LogP contribution is 2.28. The van der Waals surface area contributed by atoms with Gasteiger partial charge in [0.25, 0.3) is 0 Å². The first kappa shape index (κ1) is 13.3. The van der Waals surface area contributed by atoms with Gasteiger partial charge < -0.3 is 0 Å². The Morgan fingerprint density at radius 1 is 1.25 bits per heavy atom. The smallest absolute Gasteiger partial charge is 0.0702 e. The second-order valence-corrected chi connectivity index (χ2v) is 5.49. The van der Waals surface area contributed by atoms with Crippen LogP contribution in [0, 0.1) is 0 Å². The van der Waals surface area contributed by atoms with Crippen molar-refractivity contribution in [3.05, 3.63) is 53.7 Å². The number of allylic oxidation sites excluding steroid dienone is 1. The number of hydrazine groups is 1. The van der Waals surface area contributed by atoms with Crippen LogP contribution >= 0.6 is 0 Å². The van der Waals surface area contributed by atoms with Gasteiger partial charge in [0.05, 0.1) is 11.6 Å². The van der Waals surface area contributed by atoms with E-state index in [4.69, 9.17) is 5.84 Å². The number of hydrogen-bond donors (Lipinski definition) is 2. The van der Waals surface area contributed by atoms with E-state index < -0.39 is 0 Å². The molecule has 0 amide bonds. The summed E-state index contributed by atoms with van der Waals surface area (Å²) in [6.07, 6.45) is 10.3. The molecule has 1 aromatic carbocycles. The average Bonchev–Trinajstić information content (AvgIpc) is 2.53. The van der Waals surface area contributed by atoms with Crippen LogP contribution in [0.2, 0.25) is 0 Å². The zero-order chi connectivity index (χ0) is 13.8. The molecule has 0 saturated carbocycles. The van der Waals surface area contributed by atoms with Crippen LogP contribution in [0.25, 0.3) is 10.9 Å². The molecule has 1 unspecified atom stereocenters. The Morgan fingerprint density at radius 3 is 2.95 bits per heavy atom. The Labute approximate surface area is 119 Å². The molecule has 1 aromatic heterocycles. The number of nitrogens with zero attached hydrogens (tertiary/aromatic N) is 1. The number of benzene rings is 1. The van der Waals surface area contributed by atoms with Gasteiger partial charge >= 0.3 is 0 Å². The number of aromatic nitrogens is 1. The first-order valence-corrected chi connectivity index (χ1v) is 7.35. The molecule has 3 rings (SSSR count). The van der Waals surface area contributed by atoms with Crippen molar-refractivity contribution >= 4 is 10.9 Å². The molecule has 0 bridgehead atoms. The van der Waals surface area contributed by atoms with Crippen molar-refractivity contribution in [2.75, 3.05) is 0 Å². The van der Waals surface area contributed by atoms with Crippen LogP contribution in [0.15, 0.2) is 48.2 Å². The minimum Gasteiger partial charge on any atom is -0.271 e. The van der Waals surface area contributed by atoms with Gasteiger partial charge in [-0.2, -0.15) is 0 Å². The van der Waals surface area contributed by atoms with Gasteiger partial charge in [0.15, 0.2) is 0 Å². The summed E-state index contributed by atoms with van der Waals surface area (Å²) in [5.41, 5.74) is 6.67. The van der Waals surface area contributed by atoms with Crippen LogP contribution in [0.1, 0.15) is 43.7 Å². The molecule has 1 aliphatic carbocycles. The number of nitrogens with one attached hydrogen (secondary N) is 1. The van der Waals surface area contributed by atoms with Crippen molar-refractivity contribution in [3.8, 4) is 0 Å². The number of pyridine rings is 1. The summed E-state index contributed by atoms with van der Waals surface area (Å²) in [7, 11) is 0. The van der Waals surface area contributed by atoms with Crippen LogP contribution < -0.4 is 11.3 Å². The van der Waals surface area contributed by atoms with Crippen LogP contribution in [-0.2, 0) is 0 Å². The highest BCUT2D eigenvalue weighted by molar-refractivity contribution is 5.78. The van der Waals surface area contributed by atoms with Crippen molar-refractivity contribution in [2.24, 2.45) is 5.84 Å². The summed E-state index contributed by atoms with van der Waals surface area (Å²) in [5, 5.41) is 1.17. The van der Waals surface area contributed by atoms with Crippen LogP contribution in [0.3, 0.4) is 0 Å². The lowest BCUT2D eigenvalue weighted by molar-refractivity contribution is 0.528. The van der Waals surface area contributed by atoms with Crippen molar-refractivity contribution in [1.82, 2.24) is 10.4 Å². The third-order valence-electron chi connectivity index (χ3n) is 4.07. The quantitative estimate of drug-likeness (QED) is 0.505. The van der Waals surface area contributed by atoms with Gasteiger partial charge in [-0.1, -0.05) is 29.8 Å². The largest absolute Gasteiger partial charge is 0.271 e. The summed E-state index contributed by atoms with van der Waals surface area (Å²) in [6.45, 7) is 0. The van der Waals surface area contributed by atoms with Gasteiger partial charge in [-0.15, -0.1) is 0 Å². The summed E-state index contributed by atoms with van der Waals surface area (Å²) in [6, 6.07) is 10.5. The molecule has 0 aliphatic heterocycles. The lowest BCUT2D eigenvalue weighted by Crippen LogP contribution is -2.28. The molecule has 2 aromatic rings. The molecule has 0 saturated heterocycles. The zero-order valence-corrected chi connectivity index (χ0v) is 11.7. The molecule has 3 N–H and O–H groups in total. The van der Waals surface area contributed by atoms with E-state index >= 15 is 0 Å². The van der Waals surface area contributed by atoms with Crippen molar-refractivity contribution in [2.45, 2.75) is 38.1 Å². The van der Waals surface area contributed by atoms with E-state index in [9.17, 15) is 0 Å². The van der Waals surface area contributed by atoms with E-state index in [1.807, 2.05) is 24.4 Å². The number of fused-ring (bicyclic) bond motifs is 1. The van der Waals surface area contributed by atoms with Crippen molar-refractivity contribution in [3.63, 3.8) is 0 Å².